The molecule has 122 valence electrons. The molecule has 1 saturated heterocycles. The second kappa shape index (κ2) is 5.98. The molecule has 2 aromatic rings. The van der Waals surface area contributed by atoms with E-state index in [2.05, 4.69) is 40.0 Å². The van der Waals surface area contributed by atoms with Gasteiger partial charge in [-0.2, -0.15) is 0 Å². The van der Waals surface area contributed by atoms with Crippen LogP contribution in [0.1, 0.15) is 29.9 Å². The van der Waals surface area contributed by atoms with Crippen molar-refractivity contribution in [2.24, 2.45) is 11.7 Å². The topological polar surface area (TPSA) is 82.9 Å². The summed E-state index contributed by atoms with van der Waals surface area (Å²) in [5.74, 6) is 0.627. The first kappa shape index (κ1) is 14.7. The molecule has 1 fully saturated rings. The summed E-state index contributed by atoms with van der Waals surface area (Å²) in [6.45, 7) is 2.06. The smallest absolute Gasteiger partial charge is 0.224 e. The Bertz CT molecular complexity index is 723. The zero-order chi connectivity index (χ0) is 15.8. The molecule has 0 bridgehead atoms. The number of rotatable bonds is 4. The van der Waals surface area contributed by atoms with Crippen molar-refractivity contribution in [2.75, 3.05) is 19.6 Å². The van der Waals surface area contributed by atoms with Crippen LogP contribution in [-0.4, -0.2) is 36.6 Å². The van der Waals surface area contributed by atoms with Crippen molar-refractivity contribution in [1.82, 2.24) is 15.6 Å². The number of carbonyl (C=O) groups is 1. The van der Waals surface area contributed by atoms with Gasteiger partial charge >= 0.3 is 0 Å². The van der Waals surface area contributed by atoms with Gasteiger partial charge in [-0.1, -0.05) is 12.1 Å². The fraction of sp³-hybridized carbons (Fsp3) is 0.500. The van der Waals surface area contributed by atoms with E-state index in [1.807, 2.05) is 0 Å². The van der Waals surface area contributed by atoms with Crippen LogP contribution in [0, 0.1) is 5.92 Å². The summed E-state index contributed by atoms with van der Waals surface area (Å²) in [5.41, 5.74) is 9.49. The van der Waals surface area contributed by atoms with Crippen LogP contribution in [0.5, 0.6) is 0 Å². The quantitative estimate of drug-likeness (QED) is 0.641. The molecule has 4 rings (SSSR count). The molecular weight excluding hydrogens is 288 g/mol. The van der Waals surface area contributed by atoms with Crippen LogP contribution in [0.2, 0.25) is 0 Å². The van der Waals surface area contributed by atoms with E-state index in [0.717, 1.165) is 25.8 Å². The van der Waals surface area contributed by atoms with Gasteiger partial charge in [0.05, 0.1) is 5.92 Å². The number of hydrogen-bond acceptors (Lipinski definition) is 3. The van der Waals surface area contributed by atoms with Gasteiger partial charge in [0.1, 0.15) is 0 Å². The Labute approximate surface area is 136 Å². The molecule has 23 heavy (non-hydrogen) atoms. The number of fused-ring (bicyclic) bond motifs is 2. The lowest BCUT2D eigenvalue weighted by atomic mass is 9.73. The monoisotopic (exact) mass is 312 g/mol. The van der Waals surface area contributed by atoms with E-state index < -0.39 is 0 Å². The molecule has 2 aliphatic rings. The summed E-state index contributed by atoms with van der Waals surface area (Å²) in [7, 11) is 0. The van der Waals surface area contributed by atoms with Gasteiger partial charge in [-0.25, -0.2) is 0 Å². The summed E-state index contributed by atoms with van der Waals surface area (Å²) < 4.78 is 0. The minimum atomic E-state index is 0.0461. The predicted octanol–water partition coefficient (Wildman–Crippen LogP) is 1.25. The molecule has 5 N–H and O–H groups in total. The normalized spacial score (nSPS) is 26.0. The van der Waals surface area contributed by atoms with E-state index in [4.69, 9.17) is 5.73 Å². The average molecular weight is 312 g/mol. The standard InChI is InChI=1S/C18H24N4O/c19-5-2-6-20-18(23)12-7-14-13-3-1-4-15-17(13)11(9-21-15)8-16(14)22-10-12/h1,3-4,9,12,14,16,21-22H,2,5-8,10,19H2,(H,20,23)/t12?,14-,16-/m1/s1. The summed E-state index contributed by atoms with van der Waals surface area (Å²) in [4.78, 5) is 15.8. The number of H-pyrrole nitrogens is 1. The molecule has 0 spiro atoms. The number of benzene rings is 1. The van der Waals surface area contributed by atoms with Crippen LogP contribution < -0.4 is 16.4 Å². The molecule has 0 radical (unpaired) electrons. The zero-order valence-corrected chi connectivity index (χ0v) is 13.3. The maximum absolute atomic E-state index is 12.4. The highest BCUT2D eigenvalue weighted by Gasteiger charge is 2.38. The zero-order valence-electron chi connectivity index (χ0n) is 13.3. The Morgan fingerprint density at radius 3 is 3.17 bits per heavy atom. The predicted molar refractivity (Wildman–Crippen MR) is 91.3 cm³/mol. The summed E-state index contributed by atoms with van der Waals surface area (Å²) in [5, 5.41) is 8.01. The Balaban J connectivity index is 1.56. The van der Waals surface area contributed by atoms with E-state index in [0.29, 0.717) is 25.0 Å². The highest BCUT2D eigenvalue weighted by molar-refractivity contribution is 5.88. The highest BCUT2D eigenvalue weighted by atomic mass is 16.1. The molecule has 0 saturated carbocycles. The van der Waals surface area contributed by atoms with Gasteiger partial charge in [0, 0.05) is 42.1 Å². The van der Waals surface area contributed by atoms with E-state index in [9.17, 15) is 4.79 Å². The third-order valence-corrected chi connectivity index (χ3v) is 5.36. The van der Waals surface area contributed by atoms with Crippen LogP contribution in [0.4, 0.5) is 0 Å². The van der Waals surface area contributed by atoms with Crippen molar-refractivity contribution in [1.29, 1.82) is 0 Å². The van der Waals surface area contributed by atoms with Crippen LogP contribution >= 0.6 is 0 Å². The SMILES string of the molecule is NCCCNC(=O)C1CN[C@@H]2Cc3c[nH]c4cccc(c34)[C@H]2C1. The third kappa shape index (κ3) is 2.54. The lowest BCUT2D eigenvalue weighted by molar-refractivity contribution is -0.125. The van der Waals surface area contributed by atoms with E-state index in [1.165, 1.54) is 22.0 Å². The van der Waals surface area contributed by atoms with Gasteiger partial charge < -0.3 is 21.4 Å². The first-order valence-corrected chi connectivity index (χ1v) is 8.58. The van der Waals surface area contributed by atoms with Crippen LogP contribution in [0.3, 0.4) is 0 Å². The molecule has 1 unspecified atom stereocenters. The van der Waals surface area contributed by atoms with Gasteiger partial charge in [0.15, 0.2) is 0 Å². The number of amides is 1. The summed E-state index contributed by atoms with van der Waals surface area (Å²) >= 11 is 0. The van der Waals surface area contributed by atoms with Gasteiger partial charge in [0.25, 0.3) is 0 Å². The number of aromatic amines is 1. The van der Waals surface area contributed by atoms with Gasteiger partial charge in [0.2, 0.25) is 5.91 Å². The second-order valence-corrected chi connectivity index (χ2v) is 6.77. The molecule has 2 heterocycles. The first-order valence-electron chi connectivity index (χ1n) is 8.58. The number of piperidine rings is 1. The molecule has 1 aromatic heterocycles. The Morgan fingerprint density at radius 1 is 1.39 bits per heavy atom. The number of hydrogen-bond donors (Lipinski definition) is 4. The maximum Gasteiger partial charge on any atom is 0.224 e. The molecule has 1 aliphatic heterocycles. The second-order valence-electron chi connectivity index (χ2n) is 6.77. The van der Waals surface area contributed by atoms with Gasteiger partial charge in [-0.15, -0.1) is 0 Å². The number of carbonyl (C=O) groups excluding carboxylic acids is 1. The molecule has 1 amide bonds. The first-order chi connectivity index (χ1) is 11.3. The van der Waals surface area contributed by atoms with Crippen molar-refractivity contribution in [2.45, 2.75) is 31.2 Å². The van der Waals surface area contributed by atoms with Crippen molar-refractivity contribution in [3.63, 3.8) is 0 Å². The average Bonchev–Trinajstić information content (AvgIpc) is 2.99. The molecular formula is C18H24N4O. The largest absolute Gasteiger partial charge is 0.361 e. The van der Waals surface area contributed by atoms with Crippen molar-refractivity contribution >= 4 is 16.8 Å². The van der Waals surface area contributed by atoms with Crippen molar-refractivity contribution in [3.05, 3.63) is 35.5 Å². The number of nitrogens with two attached hydrogens (primary N) is 1. The fourth-order valence-electron chi connectivity index (χ4n) is 4.20. The lowest BCUT2D eigenvalue weighted by Crippen LogP contribution is -2.50. The van der Waals surface area contributed by atoms with Crippen LogP contribution in [0.25, 0.3) is 10.9 Å². The number of nitrogens with one attached hydrogen (secondary N) is 3. The van der Waals surface area contributed by atoms with Crippen molar-refractivity contribution in [3.8, 4) is 0 Å². The minimum Gasteiger partial charge on any atom is -0.361 e. The van der Waals surface area contributed by atoms with Gasteiger partial charge in [-0.3, -0.25) is 4.79 Å². The van der Waals surface area contributed by atoms with E-state index in [1.54, 1.807) is 0 Å². The molecule has 1 aliphatic carbocycles. The number of aromatic nitrogens is 1. The Morgan fingerprint density at radius 2 is 2.30 bits per heavy atom. The minimum absolute atomic E-state index is 0.0461. The summed E-state index contributed by atoms with van der Waals surface area (Å²) in [6.07, 6.45) is 4.95. The van der Waals surface area contributed by atoms with E-state index in [-0.39, 0.29) is 11.8 Å². The maximum atomic E-state index is 12.4. The lowest BCUT2D eigenvalue weighted by Gasteiger charge is -2.39. The van der Waals surface area contributed by atoms with E-state index >= 15 is 0 Å². The fourth-order valence-corrected chi connectivity index (χ4v) is 4.20. The molecule has 3 atom stereocenters. The Kier molecular flexibility index (Phi) is 3.83. The Hall–Kier alpha value is -1.85. The highest BCUT2D eigenvalue weighted by Crippen LogP contribution is 2.41. The third-order valence-electron chi connectivity index (χ3n) is 5.36. The molecule has 1 aromatic carbocycles. The van der Waals surface area contributed by atoms with Crippen molar-refractivity contribution < 1.29 is 4.79 Å². The van der Waals surface area contributed by atoms with Crippen LogP contribution in [0.15, 0.2) is 24.4 Å². The summed E-state index contributed by atoms with van der Waals surface area (Å²) in [6, 6.07) is 6.92. The van der Waals surface area contributed by atoms with Gasteiger partial charge in [-0.05, 0) is 43.0 Å². The molecule has 5 heteroatoms. The van der Waals surface area contributed by atoms with Crippen LogP contribution in [-0.2, 0) is 11.2 Å². The molecule has 5 nitrogen and oxygen atoms in total.